The van der Waals surface area contributed by atoms with Crippen molar-refractivity contribution in [2.75, 3.05) is 26.8 Å². The summed E-state index contributed by atoms with van der Waals surface area (Å²) < 4.78 is 26.7. The Morgan fingerprint density at radius 3 is 2.39 bits per heavy atom. The molecule has 2 unspecified atom stereocenters. The molecule has 3 aromatic carbocycles. The number of carbonyl (C=O) groups excluding carboxylic acids is 2. The zero-order valence-electron chi connectivity index (χ0n) is 22.7. The van der Waals surface area contributed by atoms with Crippen LogP contribution in [0, 0.1) is 5.82 Å². The number of benzene rings is 3. The number of hydrogen-bond acceptors (Lipinski definition) is 6. The fourth-order valence-electron chi connectivity index (χ4n) is 5.41. The number of halogens is 3. The third-order valence-electron chi connectivity index (χ3n) is 7.27. The summed E-state index contributed by atoms with van der Waals surface area (Å²) in [5.41, 5.74) is 3.61. The molecule has 2 atom stereocenters. The lowest BCUT2D eigenvalue weighted by Crippen LogP contribution is -2.45. The molecule has 0 bridgehead atoms. The monoisotopic (exact) mass is 596 g/mol. The molecule has 2 aliphatic rings. The van der Waals surface area contributed by atoms with E-state index >= 15 is 4.39 Å². The maximum atomic E-state index is 15.4. The zero-order chi connectivity index (χ0) is 28.2. The highest BCUT2D eigenvalue weighted by Gasteiger charge is 2.42. The summed E-state index contributed by atoms with van der Waals surface area (Å²) in [6.45, 7) is 2.80. The number of nitrogens with zero attached hydrogens (tertiary/aromatic N) is 1. The second-order valence-corrected chi connectivity index (χ2v) is 10.3. The van der Waals surface area contributed by atoms with Gasteiger partial charge in [-0.15, -0.1) is 12.4 Å². The van der Waals surface area contributed by atoms with Crippen molar-refractivity contribution >= 4 is 35.8 Å². The van der Waals surface area contributed by atoms with Crippen LogP contribution in [-0.4, -0.2) is 43.5 Å². The summed E-state index contributed by atoms with van der Waals surface area (Å²) >= 11 is 6.53. The van der Waals surface area contributed by atoms with Crippen molar-refractivity contribution < 1.29 is 23.5 Å². The van der Waals surface area contributed by atoms with Crippen molar-refractivity contribution in [1.82, 2.24) is 10.2 Å². The predicted octanol–water partition coefficient (Wildman–Crippen LogP) is 6.13. The molecule has 2 aliphatic heterocycles. The molecule has 6 nitrogen and oxygen atoms in total. The Morgan fingerprint density at radius 1 is 1.05 bits per heavy atom. The maximum absolute atomic E-state index is 15.4. The van der Waals surface area contributed by atoms with Crippen molar-refractivity contribution in [3.8, 4) is 0 Å². The largest absolute Gasteiger partial charge is 0.459 e. The highest BCUT2D eigenvalue weighted by Crippen LogP contribution is 2.44. The van der Waals surface area contributed by atoms with Crippen LogP contribution < -0.4 is 5.32 Å². The molecule has 9 heteroatoms. The van der Waals surface area contributed by atoms with Gasteiger partial charge in [0.25, 0.3) is 0 Å². The number of Topliss-reactive ketones (excluding diaryl/α,β-unsaturated/α-hetero) is 1. The lowest BCUT2D eigenvalue weighted by atomic mass is 9.77. The fraction of sp³-hybridized carbons (Fsp3) is 0.250. The third kappa shape index (κ3) is 6.54. The molecule has 214 valence electrons. The van der Waals surface area contributed by atoms with Crippen molar-refractivity contribution in [2.45, 2.75) is 25.5 Å². The molecule has 0 amide bonds. The van der Waals surface area contributed by atoms with E-state index in [4.69, 9.17) is 21.1 Å². The molecule has 0 radical (unpaired) electrons. The Labute approximate surface area is 250 Å². The van der Waals surface area contributed by atoms with Crippen molar-refractivity contribution in [3.63, 3.8) is 0 Å². The normalized spacial score (nSPS) is 17.9. The van der Waals surface area contributed by atoms with Crippen LogP contribution in [0.1, 0.15) is 35.6 Å². The molecule has 0 aliphatic carbocycles. The number of esters is 1. The summed E-state index contributed by atoms with van der Waals surface area (Å²) in [5, 5.41) is 3.40. The molecular formula is C32H31Cl2FN2O4. The lowest BCUT2D eigenvalue weighted by Gasteiger charge is -2.38. The number of nitrogens with one attached hydrogen (secondary N) is 1. The van der Waals surface area contributed by atoms with E-state index in [9.17, 15) is 9.59 Å². The molecular weight excluding hydrogens is 566 g/mol. The highest BCUT2D eigenvalue weighted by atomic mass is 35.5. The predicted molar refractivity (Wildman–Crippen MR) is 158 cm³/mol. The lowest BCUT2D eigenvalue weighted by molar-refractivity contribution is -0.143. The minimum atomic E-state index is -1.01. The first-order valence-corrected chi connectivity index (χ1v) is 13.4. The summed E-state index contributed by atoms with van der Waals surface area (Å²) in [5.74, 6) is -2.48. The first-order valence-electron chi connectivity index (χ1n) is 13.1. The van der Waals surface area contributed by atoms with E-state index < -0.39 is 23.8 Å². The zero-order valence-corrected chi connectivity index (χ0v) is 24.3. The van der Waals surface area contributed by atoms with Crippen LogP contribution >= 0.6 is 24.0 Å². The average molecular weight is 598 g/mol. The van der Waals surface area contributed by atoms with Gasteiger partial charge in [-0.3, -0.25) is 9.69 Å². The number of carbonyl (C=O) groups is 2. The Hall–Kier alpha value is -3.49. The highest BCUT2D eigenvalue weighted by molar-refractivity contribution is 6.31. The van der Waals surface area contributed by atoms with E-state index in [2.05, 4.69) is 5.32 Å². The summed E-state index contributed by atoms with van der Waals surface area (Å²) in [6.07, 6.45) is -0.490. The van der Waals surface area contributed by atoms with Gasteiger partial charge in [0, 0.05) is 47.8 Å². The van der Waals surface area contributed by atoms with Gasteiger partial charge in [-0.1, -0.05) is 78.3 Å². The van der Waals surface area contributed by atoms with E-state index in [0.29, 0.717) is 30.1 Å². The number of methoxy groups -OCH3 is 1. The van der Waals surface area contributed by atoms with Crippen LogP contribution in [0.15, 0.2) is 101 Å². The fourth-order valence-corrected chi connectivity index (χ4v) is 5.69. The Balaban J connectivity index is 0.00000387. The number of hydrogen-bond donors (Lipinski definition) is 1. The van der Waals surface area contributed by atoms with Gasteiger partial charge in [-0.05, 0) is 30.2 Å². The van der Waals surface area contributed by atoms with Crippen molar-refractivity contribution in [2.24, 2.45) is 0 Å². The number of ketones is 1. The first kappa shape index (κ1) is 30.5. The molecule has 5 rings (SSSR count). The van der Waals surface area contributed by atoms with Crippen LogP contribution in [-0.2, 0) is 25.6 Å². The molecule has 2 heterocycles. The third-order valence-corrected chi connectivity index (χ3v) is 7.60. The van der Waals surface area contributed by atoms with Gasteiger partial charge >= 0.3 is 5.97 Å². The molecule has 0 spiro atoms. The molecule has 41 heavy (non-hydrogen) atoms. The topological polar surface area (TPSA) is 67.9 Å². The summed E-state index contributed by atoms with van der Waals surface area (Å²) in [4.78, 5) is 29.4. The van der Waals surface area contributed by atoms with Gasteiger partial charge in [0.15, 0.2) is 5.78 Å². The van der Waals surface area contributed by atoms with Crippen LogP contribution in [0.25, 0.3) is 0 Å². The average Bonchev–Trinajstić information content (AvgIpc) is 2.94. The van der Waals surface area contributed by atoms with E-state index in [-0.39, 0.29) is 47.5 Å². The van der Waals surface area contributed by atoms with E-state index in [0.717, 1.165) is 11.1 Å². The number of ether oxygens (including phenoxy) is 2. The van der Waals surface area contributed by atoms with Crippen LogP contribution in [0.5, 0.6) is 0 Å². The van der Waals surface area contributed by atoms with E-state index in [1.807, 2.05) is 65.6 Å². The molecule has 3 aromatic rings. The van der Waals surface area contributed by atoms with Crippen LogP contribution in [0.3, 0.4) is 0 Å². The maximum Gasteiger partial charge on any atom is 0.336 e. The molecule has 0 aromatic heterocycles. The molecule has 0 fully saturated rings. The second kappa shape index (κ2) is 13.4. The quantitative estimate of drug-likeness (QED) is 0.315. The minimum Gasteiger partial charge on any atom is -0.459 e. The molecule has 1 N–H and O–H groups in total. The Morgan fingerprint density at radius 2 is 1.73 bits per heavy atom. The van der Waals surface area contributed by atoms with Crippen LogP contribution in [0.4, 0.5) is 4.39 Å². The first-order chi connectivity index (χ1) is 19.4. The van der Waals surface area contributed by atoms with Gasteiger partial charge in [0.05, 0.1) is 18.0 Å². The molecule has 0 saturated carbocycles. The van der Waals surface area contributed by atoms with Gasteiger partial charge in [0.1, 0.15) is 18.5 Å². The van der Waals surface area contributed by atoms with Crippen LogP contribution in [0.2, 0.25) is 5.02 Å². The second-order valence-electron chi connectivity index (χ2n) is 9.91. The number of rotatable bonds is 8. The van der Waals surface area contributed by atoms with E-state index in [1.54, 1.807) is 20.1 Å². The Bertz CT molecular complexity index is 1460. The summed E-state index contributed by atoms with van der Waals surface area (Å²) in [7, 11) is 1.54. The smallest absolute Gasteiger partial charge is 0.336 e. The van der Waals surface area contributed by atoms with Gasteiger partial charge in [-0.2, -0.15) is 0 Å². The van der Waals surface area contributed by atoms with Gasteiger partial charge < -0.3 is 14.8 Å². The summed E-state index contributed by atoms with van der Waals surface area (Å²) in [6, 6.07) is 23.6. The number of dihydropyridines is 1. The Kier molecular flexibility index (Phi) is 9.99. The van der Waals surface area contributed by atoms with Crippen molar-refractivity contribution in [1.29, 1.82) is 0 Å². The van der Waals surface area contributed by atoms with Gasteiger partial charge in [-0.25, -0.2) is 9.18 Å². The SMILES string of the molecule is COC(COC(=O)C1=C(C)NC2=C(C(=O)CN(Cc3ccccc3)C2)C1c1c(F)cccc1Cl)c1ccccc1.Cl. The number of allylic oxidation sites excluding steroid dienone is 1. The van der Waals surface area contributed by atoms with Gasteiger partial charge in [0.2, 0.25) is 0 Å². The minimum absolute atomic E-state index is 0. The standard InChI is InChI=1S/C32H30ClFN2O4.ClH/c1-20-28(32(38)40-19-27(39-2)22-12-7-4-8-13-22)31(29-23(33)14-9-15-24(29)34)30-25(35-20)17-36(18-26(30)37)16-21-10-5-3-6-11-21;/h3-15,27,31,35H,16-19H2,1-2H3;1H. The van der Waals surface area contributed by atoms with Crippen molar-refractivity contribution in [3.05, 3.63) is 129 Å². The molecule has 0 saturated heterocycles. The van der Waals surface area contributed by atoms with E-state index in [1.165, 1.54) is 12.1 Å².